The summed E-state index contributed by atoms with van der Waals surface area (Å²) in [5, 5.41) is 3.10. The maximum absolute atomic E-state index is 13.8. The van der Waals surface area contributed by atoms with Gasteiger partial charge < -0.3 is 15.0 Å². The fourth-order valence-electron chi connectivity index (χ4n) is 6.31. The highest BCUT2D eigenvalue weighted by Gasteiger charge is 2.65. The number of hydrogen-bond donors (Lipinski definition) is 1. The molecule has 4 aliphatic rings. The molecule has 0 saturated carbocycles. The van der Waals surface area contributed by atoms with Gasteiger partial charge in [0.2, 0.25) is 11.8 Å². The zero-order valence-corrected chi connectivity index (χ0v) is 17.2. The van der Waals surface area contributed by atoms with Crippen LogP contribution >= 0.6 is 0 Å². The van der Waals surface area contributed by atoms with Crippen molar-refractivity contribution in [3.63, 3.8) is 0 Å². The molecule has 29 heavy (non-hydrogen) atoms. The number of nitrogens with zero attached hydrogens (tertiary/aromatic N) is 2. The first-order valence-electron chi connectivity index (χ1n) is 11.1. The van der Waals surface area contributed by atoms with Gasteiger partial charge in [-0.25, -0.2) is 0 Å². The van der Waals surface area contributed by atoms with E-state index < -0.39 is 5.54 Å². The molecule has 3 saturated heterocycles. The van der Waals surface area contributed by atoms with Crippen LogP contribution in [-0.4, -0.2) is 61.0 Å². The van der Waals surface area contributed by atoms with E-state index in [1.165, 1.54) is 0 Å². The molecule has 6 heteroatoms. The van der Waals surface area contributed by atoms with E-state index in [1.54, 1.807) is 7.11 Å². The normalized spacial score (nSPS) is 31.9. The van der Waals surface area contributed by atoms with Crippen molar-refractivity contribution in [2.24, 2.45) is 11.8 Å². The van der Waals surface area contributed by atoms with Crippen LogP contribution in [0.4, 0.5) is 5.69 Å². The molecular formula is C23H31N3O3. The smallest absolute Gasteiger partial charge is 0.250 e. The second kappa shape index (κ2) is 7.40. The Bertz CT molecular complexity index is 804. The Morgan fingerprint density at radius 3 is 2.79 bits per heavy atom. The van der Waals surface area contributed by atoms with Crippen molar-refractivity contribution < 1.29 is 14.3 Å². The maximum Gasteiger partial charge on any atom is 0.250 e. The number of nitrogens with one attached hydrogen (secondary N) is 1. The molecule has 0 bridgehead atoms. The fraction of sp³-hybridized carbons (Fsp3) is 0.652. The Morgan fingerprint density at radius 1 is 1.21 bits per heavy atom. The number of fused-ring (bicyclic) bond motifs is 4. The molecule has 6 nitrogen and oxygen atoms in total. The lowest BCUT2D eigenvalue weighted by molar-refractivity contribution is -0.145. The third kappa shape index (κ3) is 2.83. The van der Waals surface area contributed by atoms with Crippen molar-refractivity contribution in [3.8, 4) is 0 Å². The average molecular weight is 398 g/mol. The Labute approximate surface area is 172 Å². The molecule has 2 amide bonds. The zero-order chi connectivity index (χ0) is 20.0. The quantitative estimate of drug-likeness (QED) is 0.848. The highest BCUT2D eigenvalue weighted by atomic mass is 16.5. The lowest BCUT2D eigenvalue weighted by atomic mass is 9.77. The molecule has 1 N–H and O–H groups in total. The molecule has 0 radical (unpaired) electrons. The minimum absolute atomic E-state index is 0.00331. The fourth-order valence-corrected chi connectivity index (χ4v) is 6.31. The van der Waals surface area contributed by atoms with Crippen LogP contribution in [0.5, 0.6) is 0 Å². The third-order valence-electron chi connectivity index (χ3n) is 7.73. The molecule has 0 aliphatic carbocycles. The summed E-state index contributed by atoms with van der Waals surface area (Å²) in [6.07, 6.45) is 6.12. The summed E-state index contributed by atoms with van der Waals surface area (Å²) in [5.74, 6) is 0.523. The van der Waals surface area contributed by atoms with Gasteiger partial charge in [-0.1, -0.05) is 18.2 Å². The summed E-state index contributed by atoms with van der Waals surface area (Å²) < 4.78 is 5.22. The highest BCUT2D eigenvalue weighted by molar-refractivity contribution is 6.09. The monoisotopic (exact) mass is 397 g/mol. The van der Waals surface area contributed by atoms with E-state index in [-0.39, 0.29) is 17.7 Å². The number of carbonyl (C=O) groups is 2. The van der Waals surface area contributed by atoms with Crippen molar-refractivity contribution in [2.45, 2.75) is 50.1 Å². The molecule has 156 valence electrons. The molecule has 3 atom stereocenters. The number of anilines is 1. The Hall–Kier alpha value is -1.92. The molecule has 1 aromatic carbocycles. The van der Waals surface area contributed by atoms with Crippen LogP contribution in [0.1, 0.15) is 44.1 Å². The number of hydrogen-bond acceptors (Lipinski definition) is 4. The van der Waals surface area contributed by atoms with Crippen molar-refractivity contribution in [1.82, 2.24) is 9.80 Å². The van der Waals surface area contributed by atoms with Crippen LogP contribution < -0.4 is 5.32 Å². The summed E-state index contributed by atoms with van der Waals surface area (Å²) in [7, 11) is 1.74. The summed E-state index contributed by atoms with van der Waals surface area (Å²) in [4.78, 5) is 31.6. The minimum atomic E-state index is -0.818. The van der Waals surface area contributed by atoms with E-state index in [0.717, 1.165) is 76.0 Å². The van der Waals surface area contributed by atoms with Crippen LogP contribution in [0.3, 0.4) is 0 Å². The van der Waals surface area contributed by atoms with Crippen molar-refractivity contribution in [3.05, 3.63) is 29.8 Å². The van der Waals surface area contributed by atoms with E-state index in [1.807, 2.05) is 29.2 Å². The highest BCUT2D eigenvalue weighted by Crippen LogP contribution is 2.55. The van der Waals surface area contributed by atoms with E-state index >= 15 is 0 Å². The van der Waals surface area contributed by atoms with Crippen molar-refractivity contribution in [2.75, 3.05) is 38.7 Å². The molecule has 4 aliphatic heterocycles. The summed E-state index contributed by atoms with van der Waals surface area (Å²) in [6.45, 7) is 3.29. The van der Waals surface area contributed by atoms with Crippen LogP contribution in [-0.2, 0) is 19.9 Å². The van der Waals surface area contributed by atoms with Crippen molar-refractivity contribution in [1.29, 1.82) is 0 Å². The molecule has 0 unspecified atom stereocenters. The lowest BCUT2D eigenvalue weighted by Crippen LogP contribution is -2.55. The molecule has 0 aromatic heterocycles. The number of amides is 2. The molecule has 1 spiro atoms. The first kappa shape index (κ1) is 19.1. The third-order valence-corrected chi connectivity index (χ3v) is 7.73. The predicted molar refractivity (Wildman–Crippen MR) is 110 cm³/mol. The first-order chi connectivity index (χ1) is 14.2. The predicted octanol–water partition coefficient (Wildman–Crippen LogP) is 2.59. The topological polar surface area (TPSA) is 61.9 Å². The van der Waals surface area contributed by atoms with Gasteiger partial charge in [0.15, 0.2) is 0 Å². The van der Waals surface area contributed by atoms with Gasteiger partial charge in [-0.15, -0.1) is 0 Å². The van der Waals surface area contributed by atoms with Gasteiger partial charge in [0.1, 0.15) is 5.54 Å². The van der Waals surface area contributed by atoms with Crippen LogP contribution in [0.2, 0.25) is 0 Å². The second-order valence-corrected chi connectivity index (χ2v) is 9.09. The number of piperidine rings is 1. The largest absolute Gasteiger partial charge is 0.385 e. The summed E-state index contributed by atoms with van der Waals surface area (Å²) in [6, 6.07) is 8.29. The van der Waals surface area contributed by atoms with E-state index in [2.05, 4.69) is 10.2 Å². The van der Waals surface area contributed by atoms with Gasteiger partial charge in [0, 0.05) is 44.1 Å². The number of ether oxygens (including phenoxy) is 1. The van der Waals surface area contributed by atoms with Gasteiger partial charge in [-0.3, -0.25) is 14.5 Å². The van der Waals surface area contributed by atoms with Crippen LogP contribution in [0.25, 0.3) is 0 Å². The van der Waals surface area contributed by atoms with Gasteiger partial charge in [0.05, 0.1) is 5.92 Å². The molecular weight excluding hydrogens is 366 g/mol. The van der Waals surface area contributed by atoms with Crippen molar-refractivity contribution >= 4 is 17.5 Å². The standard InChI is InChI=1S/C23H31N3O3/c1-29-14-10-16-8-12-25(13-9-16)21(27)19-15-17-5-4-11-26(17)23(19)18-6-2-3-7-20(18)24-22(23)28/h2-3,6-7,16-17,19H,4-5,8-15H2,1H3,(H,24,28)/t17-,19-,23+/m1/s1. The number of likely N-dealkylation sites (tertiary alicyclic amines) is 1. The maximum atomic E-state index is 13.8. The van der Waals surface area contributed by atoms with Crippen LogP contribution in [0, 0.1) is 11.8 Å². The SMILES string of the molecule is COCCC1CCN(C(=O)[C@H]2C[C@H]3CCCN3[C@]23C(=O)Nc2ccccc23)CC1. The van der Waals surface area contributed by atoms with Gasteiger partial charge in [0.25, 0.3) is 0 Å². The summed E-state index contributed by atoms with van der Waals surface area (Å²) >= 11 is 0. The second-order valence-electron chi connectivity index (χ2n) is 9.09. The number of rotatable bonds is 4. The summed E-state index contributed by atoms with van der Waals surface area (Å²) in [5.41, 5.74) is 1.06. The number of para-hydroxylation sites is 1. The molecule has 5 rings (SSSR count). The Kier molecular flexibility index (Phi) is 4.87. The van der Waals surface area contributed by atoms with E-state index in [4.69, 9.17) is 4.74 Å². The van der Waals surface area contributed by atoms with E-state index in [9.17, 15) is 9.59 Å². The van der Waals surface area contributed by atoms with Crippen LogP contribution in [0.15, 0.2) is 24.3 Å². The number of benzene rings is 1. The molecule has 1 aromatic rings. The number of methoxy groups -OCH3 is 1. The average Bonchev–Trinajstić information content (AvgIpc) is 3.41. The number of carbonyl (C=O) groups excluding carboxylic acids is 2. The zero-order valence-electron chi connectivity index (χ0n) is 17.2. The first-order valence-corrected chi connectivity index (χ1v) is 11.1. The molecule has 4 heterocycles. The Balaban J connectivity index is 1.43. The lowest BCUT2D eigenvalue weighted by Gasteiger charge is -2.40. The van der Waals surface area contributed by atoms with Gasteiger partial charge >= 0.3 is 0 Å². The van der Waals surface area contributed by atoms with E-state index in [0.29, 0.717) is 12.0 Å². The van der Waals surface area contributed by atoms with Gasteiger partial charge in [-0.2, -0.15) is 0 Å². The molecule has 3 fully saturated rings. The van der Waals surface area contributed by atoms with Gasteiger partial charge in [-0.05, 0) is 57.1 Å². The minimum Gasteiger partial charge on any atom is -0.385 e. The Morgan fingerprint density at radius 2 is 2.00 bits per heavy atom.